The van der Waals surface area contributed by atoms with Crippen LogP contribution in [0, 0.1) is 22.0 Å². The Morgan fingerprint density at radius 3 is 2.86 bits per heavy atom. The Bertz CT molecular complexity index is 983. The summed E-state index contributed by atoms with van der Waals surface area (Å²) < 4.78 is 5.38. The number of hydrogen-bond acceptors (Lipinski definition) is 5. The molecule has 0 radical (unpaired) electrons. The van der Waals surface area contributed by atoms with Gasteiger partial charge in [-0.1, -0.05) is 38.1 Å². The van der Waals surface area contributed by atoms with Crippen LogP contribution in [0.25, 0.3) is 0 Å². The van der Waals surface area contributed by atoms with Gasteiger partial charge in [0.2, 0.25) is 0 Å². The molecule has 1 heterocycles. The molecule has 0 bridgehead atoms. The average molecular weight is 392 g/mol. The number of nitrogens with zero attached hydrogens (tertiary/aromatic N) is 1. The molecular weight excluding hydrogens is 368 g/mol. The van der Waals surface area contributed by atoms with E-state index in [4.69, 9.17) is 4.74 Å². The van der Waals surface area contributed by atoms with Crippen molar-refractivity contribution in [3.63, 3.8) is 0 Å². The zero-order valence-corrected chi connectivity index (χ0v) is 16.5. The molecule has 0 saturated heterocycles. The molecule has 1 aliphatic heterocycles. The van der Waals surface area contributed by atoms with Crippen LogP contribution in [0.3, 0.4) is 0 Å². The molecule has 3 atom stereocenters. The van der Waals surface area contributed by atoms with Gasteiger partial charge >= 0.3 is 5.97 Å². The number of allylic oxidation sites excluding steroid dienone is 2. The quantitative estimate of drug-likeness (QED) is 0.326. The van der Waals surface area contributed by atoms with E-state index in [-0.39, 0.29) is 40.4 Å². The smallest absolute Gasteiger partial charge is 0.338 e. The lowest BCUT2D eigenvalue weighted by atomic mass is 9.76. The van der Waals surface area contributed by atoms with Crippen molar-refractivity contribution >= 4 is 17.3 Å². The molecule has 150 valence electrons. The predicted molar refractivity (Wildman–Crippen MR) is 111 cm³/mol. The third kappa shape index (κ3) is 3.75. The lowest BCUT2D eigenvalue weighted by Gasteiger charge is -2.37. The monoisotopic (exact) mass is 392 g/mol. The number of esters is 1. The van der Waals surface area contributed by atoms with Crippen molar-refractivity contribution in [2.75, 3.05) is 11.9 Å². The Morgan fingerprint density at radius 1 is 1.28 bits per heavy atom. The molecule has 0 amide bonds. The molecule has 1 aliphatic carbocycles. The summed E-state index contributed by atoms with van der Waals surface area (Å²) in [5.74, 6) is 0.386. The van der Waals surface area contributed by atoms with Gasteiger partial charge in [0.15, 0.2) is 0 Å². The SMILES string of the molecule is CC(C)COC(=O)c1ccc2c(c1)[C@H]1C=CC[C@H]1[C@H](c1cccc([N+](=O)[O-])c1)N2. The van der Waals surface area contributed by atoms with Gasteiger partial charge in [0.05, 0.1) is 23.1 Å². The highest BCUT2D eigenvalue weighted by molar-refractivity contribution is 5.90. The summed E-state index contributed by atoms with van der Waals surface area (Å²) in [5, 5.41) is 14.7. The first kappa shape index (κ1) is 19.2. The predicted octanol–water partition coefficient (Wildman–Crippen LogP) is 5.23. The molecule has 0 fully saturated rings. The highest BCUT2D eigenvalue weighted by atomic mass is 16.6. The molecule has 6 heteroatoms. The van der Waals surface area contributed by atoms with Crippen molar-refractivity contribution in [3.05, 3.63) is 81.4 Å². The molecule has 4 rings (SSSR count). The molecule has 2 aromatic rings. The Labute approximate surface area is 169 Å². The third-order valence-corrected chi connectivity index (χ3v) is 5.59. The first-order valence-corrected chi connectivity index (χ1v) is 9.92. The van der Waals surface area contributed by atoms with Crippen LogP contribution in [0.2, 0.25) is 0 Å². The zero-order valence-electron chi connectivity index (χ0n) is 16.5. The maximum absolute atomic E-state index is 12.4. The molecule has 0 unspecified atom stereocenters. The Balaban J connectivity index is 1.65. The minimum Gasteiger partial charge on any atom is -0.462 e. The number of carbonyl (C=O) groups excluding carboxylic acids is 1. The van der Waals surface area contributed by atoms with Gasteiger partial charge in [-0.3, -0.25) is 10.1 Å². The Morgan fingerprint density at radius 2 is 2.10 bits per heavy atom. The molecular formula is C23H24N2O4. The summed E-state index contributed by atoms with van der Waals surface area (Å²) >= 11 is 0. The lowest BCUT2D eigenvalue weighted by molar-refractivity contribution is -0.384. The van der Waals surface area contributed by atoms with Crippen molar-refractivity contribution in [2.45, 2.75) is 32.2 Å². The van der Waals surface area contributed by atoms with Crippen molar-refractivity contribution in [2.24, 2.45) is 11.8 Å². The van der Waals surface area contributed by atoms with Gasteiger partial charge in [0.1, 0.15) is 0 Å². The summed E-state index contributed by atoms with van der Waals surface area (Å²) in [4.78, 5) is 23.2. The molecule has 29 heavy (non-hydrogen) atoms. The van der Waals surface area contributed by atoms with Crippen molar-refractivity contribution in [1.29, 1.82) is 0 Å². The van der Waals surface area contributed by atoms with Crippen LogP contribution in [-0.4, -0.2) is 17.5 Å². The highest BCUT2D eigenvalue weighted by Crippen LogP contribution is 2.50. The fourth-order valence-corrected chi connectivity index (χ4v) is 4.21. The molecule has 0 saturated carbocycles. The number of fused-ring (bicyclic) bond motifs is 3. The number of carbonyl (C=O) groups is 1. The number of non-ortho nitro benzene ring substituents is 1. The maximum atomic E-state index is 12.4. The van der Waals surface area contributed by atoms with Crippen molar-refractivity contribution in [3.8, 4) is 0 Å². The van der Waals surface area contributed by atoms with Gasteiger partial charge in [-0.2, -0.15) is 0 Å². The summed E-state index contributed by atoms with van der Waals surface area (Å²) in [6, 6.07) is 12.4. The molecule has 0 spiro atoms. The van der Waals surface area contributed by atoms with E-state index in [1.807, 2.05) is 32.0 Å². The van der Waals surface area contributed by atoms with Crippen LogP contribution in [0.1, 0.15) is 53.7 Å². The number of benzene rings is 2. The van der Waals surface area contributed by atoms with Crippen LogP contribution in [0.4, 0.5) is 11.4 Å². The number of ether oxygens (including phenoxy) is 1. The van der Waals surface area contributed by atoms with E-state index in [1.54, 1.807) is 18.2 Å². The van der Waals surface area contributed by atoms with Gasteiger partial charge in [-0.25, -0.2) is 4.79 Å². The minimum absolute atomic E-state index is 0.0267. The van der Waals surface area contributed by atoms with Gasteiger partial charge in [0, 0.05) is 23.7 Å². The van der Waals surface area contributed by atoms with Crippen LogP contribution in [0.5, 0.6) is 0 Å². The van der Waals surface area contributed by atoms with E-state index in [0.29, 0.717) is 12.2 Å². The summed E-state index contributed by atoms with van der Waals surface area (Å²) in [6.45, 7) is 4.41. The highest BCUT2D eigenvalue weighted by Gasteiger charge is 2.38. The number of rotatable bonds is 5. The third-order valence-electron chi connectivity index (χ3n) is 5.59. The van der Waals surface area contributed by atoms with E-state index in [9.17, 15) is 14.9 Å². The van der Waals surface area contributed by atoms with Crippen LogP contribution >= 0.6 is 0 Å². The van der Waals surface area contributed by atoms with Gasteiger partial charge < -0.3 is 10.1 Å². The average Bonchev–Trinajstić information content (AvgIpc) is 3.21. The normalized spacial score (nSPS) is 22.0. The first-order valence-electron chi connectivity index (χ1n) is 9.92. The lowest BCUT2D eigenvalue weighted by Crippen LogP contribution is -2.29. The van der Waals surface area contributed by atoms with E-state index in [2.05, 4.69) is 17.5 Å². The second-order valence-corrected chi connectivity index (χ2v) is 8.12. The topological polar surface area (TPSA) is 81.5 Å². The van der Waals surface area contributed by atoms with Gasteiger partial charge in [-0.05, 0) is 47.6 Å². The molecule has 6 nitrogen and oxygen atoms in total. The van der Waals surface area contributed by atoms with Gasteiger partial charge in [-0.15, -0.1) is 0 Å². The number of nitro groups is 1. The number of hydrogen-bond donors (Lipinski definition) is 1. The minimum atomic E-state index is -0.361. The van der Waals surface area contributed by atoms with Crippen molar-refractivity contribution in [1.82, 2.24) is 0 Å². The van der Waals surface area contributed by atoms with Crippen LogP contribution < -0.4 is 5.32 Å². The van der Waals surface area contributed by atoms with Gasteiger partial charge in [0.25, 0.3) is 5.69 Å². The van der Waals surface area contributed by atoms with E-state index in [1.165, 1.54) is 6.07 Å². The number of nitrogens with one attached hydrogen (secondary N) is 1. The van der Waals surface area contributed by atoms with Crippen molar-refractivity contribution < 1.29 is 14.5 Å². The van der Waals surface area contributed by atoms with Crippen LogP contribution in [0.15, 0.2) is 54.6 Å². The maximum Gasteiger partial charge on any atom is 0.338 e. The number of anilines is 1. The summed E-state index contributed by atoms with van der Waals surface area (Å²) in [7, 11) is 0. The zero-order chi connectivity index (χ0) is 20.5. The first-order chi connectivity index (χ1) is 13.9. The molecule has 2 aromatic carbocycles. The van der Waals surface area contributed by atoms with Crippen LogP contribution in [-0.2, 0) is 4.74 Å². The van der Waals surface area contributed by atoms with E-state index < -0.39 is 0 Å². The molecule has 0 aromatic heterocycles. The molecule has 2 aliphatic rings. The summed E-state index contributed by atoms with van der Waals surface area (Å²) in [5.41, 5.74) is 3.59. The standard InChI is InChI=1S/C23H24N2O4/c1-14(2)13-29-23(26)16-9-10-21-20(12-16)18-7-4-8-19(18)22(24-21)15-5-3-6-17(11-15)25(27)28/h3-7,9-12,14,18-19,22,24H,8,13H2,1-2H3/t18-,19+,22-/m0/s1. The summed E-state index contributed by atoms with van der Waals surface area (Å²) in [6.07, 6.45) is 5.21. The fourth-order valence-electron chi connectivity index (χ4n) is 4.21. The van der Waals surface area contributed by atoms with E-state index in [0.717, 1.165) is 23.2 Å². The Hall–Kier alpha value is -3.15. The Kier molecular flexibility index (Phi) is 5.09. The van der Waals surface area contributed by atoms with E-state index >= 15 is 0 Å². The second-order valence-electron chi connectivity index (χ2n) is 8.12. The fraction of sp³-hybridized carbons (Fsp3) is 0.348. The second kappa shape index (κ2) is 7.70. The number of nitro benzene ring substituents is 1. The molecule has 1 N–H and O–H groups in total. The largest absolute Gasteiger partial charge is 0.462 e.